The number of hydrogen-bond acceptors (Lipinski definition) is 4. The Balaban J connectivity index is 2.13. The van der Waals surface area contributed by atoms with Crippen LogP contribution in [0.3, 0.4) is 0 Å². The van der Waals surface area contributed by atoms with Gasteiger partial charge in [0.2, 0.25) is 3.79 Å². The summed E-state index contributed by atoms with van der Waals surface area (Å²) in [5, 5.41) is 8.48. The highest BCUT2D eigenvalue weighted by Gasteiger charge is 2.35. The van der Waals surface area contributed by atoms with Crippen LogP contribution in [0.2, 0.25) is 0 Å². The van der Waals surface area contributed by atoms with Gasteiger partial charge in [-0.2, -0.15) is 0 Å². The topological polar surface area (TPSA) is 71.6 Å². The van der Waals surface area contributed by atoms with Crippen molar-refractivity contribution in [2.24, 2.45) is 0 Å². The second-order valence-electron chi connectivity index (χ2n) is 5.62. The summed E-state index contributed by atoms with van der Waals surface area (Å²) in [7, 11) is 3.07. The molecule has 0 fully saturated rings. The molecule has 1 amide bonds. The fourth-order valence-electron chi connectivity index (χ4n) is 2.22. The van der Waals surface area contributed by atoms with Crippen molar-refractivity contribution in [1.29, 1.82) is 0 Å². The number of rotatable bonds is 6. The third-order valence-corrected chi connectivity index (χ3v) is 5.23. The van der Waals surface area contributed by atoms with E-state index in [1.54, 1.807) is 49.6 Å². The summed E-state index contributed by atoms with van der Waals surface area (Å²) in [6.07, 6.45) is -1.10. The molecule has 6 nitrogen and oxygen atoms in total. The van der Waals surface area contributed by atoms with Crippen molar-refractivity contribution in [2.75, 3.05) is 19.5 Å². The van der Waals surface area contributed by atoms with E-state index in [1.807, 2.05) is 0 Å². The van der Waals surface area contributed by atoms with Gasteiger partial charge < -0.3 is 25.4 Å². The van der Waals surface area contributed by atoms with E-state index < -0.39 is 15.9 Å². The number of thiocarbonyl (C=S) groups is 1. The molecule has 11 heteroatoms. The number of methoxy groups -OCH3 is 2. The number of carbonyl (C=O) groups is 1. The number of ether oxygens (including phenoxy) is 2. The molecule has 0 unspecified atom stereocenters. The van der Waals surface area contributed by atoms with Crippen LogP contribution < -0.4 is 25.4 Å². The first-order valence-electron chi connectivity index (χ1n) is 8.06. The van der Waals surface area contributed by atoms with Crippen LogP contribution in [-0.4, -0.2) is 35.2 Å². The molecule has 3 N–H and O–H groups in total. The third kappa shape index (κ3) is 7.21. The molecule has 2 aromatic carbocycles. The van der Waals surface area contributed by atoms with Crippen LogP contribution in [-0.2, 0) is 0 Å². The number of alkyl halides is 3. The Morgan fingerprint density at radius 1 is 1.07 bits per heavy atom. The fraction of sp³-hybridized carbons (Fsp3) is 0.222. The molecular weight excluding hydrogens is 572 g/mol. The van der Waals surface area contributed by atoms with E-state index >= 15 is 0 Å². The molecule has 0 aliphatic rings. The maximum absolute atomic E-state index is 12.5. The number of halogens is 4. The Kier molecular flexibility index (Phi) is 8.90. The second-order valence-corrected chi connectivity index (χ2v) is 9.64. The highest BCUT2D eigenvalue weighted by molar-refractivity contribution is 14.1. The van der Waals surface area contributed by atoms with Gasteiger partial charge in [-0.15, -0.1) is 0 Å². The molecule has 0 aliphatic heterocycles. The number of anilines is 1. The Labute approximate surface area is 202 Å². The number of nitrogens with one attached hydrogen (secondary N) is 3. The van der Waals surface area contributed by atoms with E-state index in [0.717, 1.165) is 3.57 Å². The Hall–Kier alpha value is -1.20. The smallest absolute Gasteiger partial charge is 0.252 e. The van der Waals surface area contributed by atoms with Crippen molar-refractivity contribution >= 4 is 86.3 Å². The number of amides is 1. The summed E-state index contributed by atoms with van der Waals surface area (Å²) in [5.41, 5.74) is 0.955. The predicted molar refractivity (Wildman–Crippen MR) is 130 cm³/mol. The maximum atomic E-state index is 12.5. The lowest BCUT2D eigenvalue weighted by molar-refractivity contribution is 0.0934. The average molecular weight is 589 g/mol. The van der Waals surface area contributed by atoms with Crippen molar-refractivity contribution in [3.05, 3.63) is 51.6 Å². The predicted octanol–water partition coefficient (Wildman–Crippen LogP) is 4.72. The molecule has 0 saturated carbocycles. The Bertz CT molecular complexity index is 879. The minimum Gasteiger partial charge on any atom is -0.497 e. The third-order valence-electron chi connectivity index (χ3n) is 3.64. The first-order chi connectivity index (χ1) is 13.6. The van der Waals surface area contributed by atoms with Gasteiger partial charge in [-0.3, -0.25) is 4.79 Å². The van der Waals surface area contributed by atoms with Gasteiger partial charge in [0.25, 0.3) is 5.91 Å². The normalized spacial score (nSPS) is 11.9. The van der Waals surface area contributed by atoms with Crippen LogP contribution in [0.25, 0.3) is 0 Å². The van der Waals surface area contributed by atoms with E-state index in [-0.39, 0.29) is 5.11 Å². The molecule has 29 heavy (non-hydrogen) atoms. The Morgan fingerprint density at radius 2 is 1.72 bits per heavy atom. The quantitative estimate of drug-likeness (QED) is 0.196. The largest absolute Gasteiger partial charge is 0.497 e. The van der Waals surface area contributed by atoms with E-state index in [2.05, 4.69) is 38.5 Å². The molecule has 2 aromatic rings. The Morgan fingerprint density at radius 3 is 2.28 bits per heavy atom. The highest BCUT2D eigenvalue weighted by Crippen LogP contribution is 2.31. The number of benzene rings is 2. The number of hydrogen-bond donors (Lipinski definition) is 3. The van der Waals surface area contributed by atoms with Gasteiger partial charge in [0, 0.05) is 15.2 Å². The van der Waals surface area contributed by atoms with Crippen molar-refractivity contribution < 1.29 is 14.3 Å². The molecule has 2 rings (SSSR count). The zero-order valence-corrected chi connectivity index (χ0v) is 20.5. The summed E-state index contributed by atoms with van der Waals surface area (Å²) < 4.78 is 9.62. The molecule has 156 valence electrons. The number of carbonyl (C=O) groups excluding carboxylic acids is 1. The van der Waals surface area contributed by atoms with E-state index in [9.17, 15) is 4.79 Å². The molecule has 0 heterocycles. The monoisotopic (exact) mass is 587 g/mol. The van der Waals surface area contributed by atoms with Gasteiger partial charge in [-0.05, 0) is 71.2 Å². The fourth-order valence-corrected chi connectivity index (χ4v) is 3.13. The molecule has 0 aliphatic carbocycles. The van der Waals surface area contributed by atoms with Crippen molar-refractivity contribution in [1.82, 2.24) is 10.6 Å². The molecule has 0 bridgehead atoms. The second kappa shape index (κ2) is 10.7. The lowest BCUT2D eigenvalue weighted by atomic mass is 10.2. The minimum atomic E-state index is -1.87. The van der Waals surface area contributed by atoms with Gasteiger partial charge in [-0.25, -0.2) is 0 Å². The van der Waals surface area contributed by atoms with E-state index in [0.29, 0.717) is 22.7 Å². The van der Waals surface area contributed by atoms with Gasteiger partial charge in [0.05, 0.1) is 19.9 Å². The lowest BCUT2D eigenvalue weighted by Gasteiger charge is -2.28. The van der Waals surface area contributed by atoms with E-state index in [1.165, 1.54) is 7.11 Å². The summed E-state index contributed by atoms with van der Waals surface area (Å²) in [6.45, 7) is 0. The van der Waals surface area contributed by atoms with Crippen LogP contribution in [0.1, 0.15) is 10.4 Å². The van der Waals surface area contributed by atoms with Crippen LogP contribution in [0.4, 0.5) is 5.69 Å². The first-order valence-corrected chi connectivity index (χ1v) is 10.7. The SMILES string of the molecule is COc1ccc(OC)c(NC(=S)N[C@H](NC(=O)c2ccc(I)cc2)C(Cl)(Cl)Cl)c1. The van der Waals surface area contributed by atoms with Crippen molar-refractivity contribution in [2.45, 2.75) is 9.96 Å². The van der Waals surface area contributed by atoms with Crippen LogP contribution in [0.5, 0.6) is 11.5 Å². The molecule has 1 atom stereocenters. The van der Waals surface area contributed by atoms with Crippen molar-refractivity contribution in [3.63, 3.8) is 0 Å². The maximum Gasteiger partial charge on any atom is 0.252 e. The standard InChI is InChI=1S/C18H17Cl3IN3O3S/c1-27-12-7-8-14(28-2)13(9-12)23-17(29)25-16(18(19,20)21)24-15(26)10-3-5-11(22)6-4-10/h3-9,16H,1-2H3,(H,24,26)(H2,23,25,29)/t16-/m0/s1. The van der Waals surface area contributed by atoms with Gasteiger partial charge >= 0.3 is 0 Å². The van der Waals surface area contributed by atoms with Crippen molar-refractivity contribution in [3.8, 4) is 11.5 Å². The zero-order chi connectivity index (χ0) is 21.6. The van der Waals surface area contributed by atoms with Gasteiger partial charge in [0.15, 0.2) is 5.11 Å². The molecular formula is C18H17Cl3IN3O3S. The summed E-state index contributed by atoms with van der Waals surface area (Å²) in [6, 6.07) is 12.1. The van der Waals surface area contributed by atoms with Gasteiger partial charge in [-0.1, -0.05) is 34.8 Å². The summed E-state index contributed by atoms with van der Waals surface area (Å²) >= 11 is 25.5. The van der Waals surface area contributed by atoms with Crippen LogP contribution >= 0.6 is 69.6 Å². The zero-order valence-electron chi connectivity index (χ0n) is 15.3. The summed E-state index contributed by atoms with van der Waals surface area (Å²) in [4.78, 5) is 12.5. The van der Waals surface area contributed by atoms with Crippen LogP contribution in [0, 0.1) is 3.57 Å². The molecule has 0 spiro atoms. The van der Waals surface area contributed by atoms with E-state index in [4.69, 9.17) is 56.5 Å². The highest BCUT2D eigenvalue weighted by atomic mass is 127. The molecule has 0 saturated heterocycles. The average Bonchev–Trinajstić information content (AvgIpc) is 2.67. The minimum absolute atomic E-state index is 0.107. The van der Waals surface area contributed by atoms with Gasteiger partial charge in [0.1, 0.15) is 17.7 Å². The van der Waals surface area contributed by atoms with Crippen LogP contribution in [0.15, 0.2) is 42.5 Å². The molecule has 0 radical (unpaired) electrons. The molecule has 0 aromatic heterocycles. The first kappa shape index (κ1) is 24.1. The lowest BCUT2D eigenvalue weighted by Crippen LogP contribution is -2.56. The summed E-state index contributed by atoms with van der Waals surface area (Å²) in [5.74, 6) is 0.705.